The summed E-state index contributed by atoms with van der Waals surface area (Å²) in [5, 5.41) is 15.8. The van der Waals surface area contributed by atoms with E-state index in [9.17, 15) is 4.79 Å². The summed E-state index contributed by atoms with van der Waals surface area (Å²) in [6.07, 6.45) is 1.49. The van der Waals surface area contributed by atoms with E-state index in [2.05, 4.69) is 16.7 Å². The fraction of sp³-hybridized carbons (Fsp3) is 0.462. The maximum absolute atomic E-state index is 15.6. The molecule has 0 aliphatic carbocycles. The molecular weight excluding hydrogens is 419 g/mol. The van der Waals surface area contributed by atoms with E-state index in [1.54, 1.807) is 29.2 Å². The molecule has 2 aliphatic rings. The molecule has 7 heteroatoms. The predicted octanol–water partition coefficient (Wildman–Crippen LogP) is 4.02. The van der Waals surface area contributed by atoms with Crippen LogP contribution in [0.3, 0.4) is 0 Å². The number of benzene rings is 2. The Bertz CT molecular complexity index is 1030. The number of hydrogen-bond acceptors (Lipinski definition) is 5. The number of nitrogens with zero attached hydrogens (tertiary/aromatic N) is 2. The zero-order valence-electron chi connectivity index (χ0n) is 19.3. The summed E-state index contributed by atoms with van der Waals surface area (Å²) in [5.41, 5.74) is 3.19. The van der Waals surface area contributed by atoms with Crippen LogP contribution < -0.4 is 10.6 Å². The summed E-state index contributed by atoms with van der Waals surface area (Å²) in [6.45, 7) is 6.80. The number of carbonyl (C=O) groups excluding carboxylic acids is 1. The first kappa shape index (κ1) is 23.2. The third-order valence-electron chi connectivity index (χ3n) is 6.78. The second kappa shape index (κ2) is 9.90. The number of carbonyl (C=O) groups is 1. The number of anilines is 1. The Morgan fingerprint density at radius 3 is 2.58 bits per heavy atom. The van der Waals surface area contributed by atoms with Crippen molar-refractivity contribution in [1.29, 1.82) is 5.26 Å². The van der Waals surface area contributed by atoms with Crippen molar-refractivity contribution in [2.45, 2.75) is 44.8 Å². The SMILES string of the molecule is Cc1cc(C)c(C(=O)N2CCC(F)(c3ccc(C#N)cc3)CC2)cc1NCN[C@@H]1CCOC1. The van der Waals surface area contributed by atoms with Crippen LogP contribution in [0.2, 0.25) is 0 Å². The molecule has 1 amide bonds. The van der Waals surface area contributed by atoms with Gasteiger partial charge in [-0.25, -0.2) is 4.39 Å². The number of hydrogen-bond donors (Lipinski definition) is 2. The quantitative estimate of drug-likeness (QED) is 0.650. The van der Waals surface area contributed by atoms with Gasteiger partial charge < -0.3 is 15.0 Å². The molecule has 2 aromatic carbocycles. The lowest BCUT2D eigenvalue weighted by Gasteiger charge is -2.37. The molecular formula is C26H31FN4O2. The monoisotopic (exact) mass is 450 g/mol. The first-order chi connectivity index (χ1) is 15.9. The van der Waals surface area contributed by atoms with Crippen molar-refractivity contribution in [3.05, 3.63) is 64.2 Å². The second-order valence-electron chi connectivity index (χ2n) is 9.05. The number of aryl methyl sites for hydroxylation is 2. The molecule has 2 saturated heterocycles. The highest BCUT2D eigenvalue weighted by molar-refractivity contribution is 5.97. The Morgan fingerprint density at radius 1 is 1.21 bits per heavy atom. The van der Waals surface area contributed by atoms with Gasteiger partial charge in [0.15, 0.2) is 0 Å². The zero-order valence-corrected chi connectivity index (χ0v) is 19.3. The van der Waals surface area contributed by atoms with E-state index in [0.717, 1.165) is 36.4 Å². The van der Waals surface area contributed by atoms with Gasteiger partial charge in [0, 0.05) is 49.8 Å². The molecule has 2 aromatic rings. The average Bonchev–Trinajstić information content (AvgIpc) is 3.34. The average molecular weight is 451 g/mol. The highest BCUT2D eigenvalue weighted by atomic mass is 19.1. The van der Waals surface area contributed by atoms with Gasteiger partial charge in [-0.15, -0.1) is 0 Å². The van der Waals surface area contributed by atoms with Crippen molar-refractivity contribution in [3.8, 4) is 6.07 Å². The smallest absolute Gasteiger partial charge is 0.254 e. The Hall–Kier alpha value is -2.95. The second-order valence-corrected chi connectivity index (χ2v) is 9.05. The highest BCUT2D eigenvalue weighted by Crippen LogP contribution is 2.37. The van der Waals surface area contributed by atoms with Crippen LogP contribution in [0.5, 0.6) is 0 Å². The third-order valence-corrected chi connectivity index (χ3v) is 6.78. The summed E-state index contributed by atoms with van der Waals surface area (Å²) < 4.78 is 21.0. The maximum atomic E-state index is 15.6. The Labute approximate surface area is 194 Å². The molecule has 2 N–H and O–H groups in total. The normalized spacial score (nSPS) is 19.8. The molecule has 0 saturated carbocycles. The van der Waals surface area contributed by atoms with Gasteiger partial charge in [0.1, 0.15) is 5.67 Å². The van der Waals surface area contributed by atoms with Gasteiger partial charge in [-0.3, -0.25) is 10.1 Å². The fourth-order valence-electron chi connectivity index (χ4n) is 4.63. The van der Waals surface area contributed by atoms with Crippen molar-refractivity contribution in [2.75, 3.05) is 38.3 Å². The number of amides is 1. The summed E-state index contributed by atoms with van der Waals surface area (Å²) in [7, 11) is 0. The highest BCUT2D eigenvalue weighted by Gasteiger charge is 2.38. The van der Waals surface area contributed by atoms with E-state index in [1.807, 2.05) is 26.0 Å². The standard InChI is InChI=1S/C26H31FN4O2/c1-18-13-19(2)24(30-17-29-22-7-12-33-16-22)14-23(18)25(32)31-10-8-26(27,9-11-31)21-5-3-20(15-28)4-6-21/h3-6,13-14,22,29-30H,7-12,16-17H2,1-2H3/t22-/m1/s1. The number of nitrogens with one attached hydrogen (secondary N) is 2. The largest absolute Gasteiger partial charge is 0.380 e. The molecule has 4 rings (SSSR count). The molecule has 1 atom stereocenters. The van der Waals surface area contributed by atoms with Crippen LogP contribution in [0.25, 0.3) is 0 Å². The van der Waals surface area contributed by atoms with Crippen molar-refractivity contribution in [3.63, 3.8) is 0 Å². The van der Waals surface area contributed by atoms with Crippen molar-refractivity contribution >= 4 is 11.6 Å². The first-order valence-corrected chi connectivity index (χ1v) is 11.5. The van der Waals surface area contributed by atoms with Gasteiger partial charge in [0.25, 0.3) is 5.91 Å². The summed E-state index contributed by atoms with van der Waals surface area (Å²) in [5.74, 6) is -0.0606. The molecule has 0 aromatic heterocycles. The molecule has 0 spiro atoms. The van der Waals surface area contributed by atoms with E-state index in [0.29, 0.717) is 42.5 Å². The van der Waals surface area contributed by atoms with Gasteiger partial charge in [-0.1, -0.05) is 18.2 Å². The van der Waals surface area contributed by atoms with Crippen molar-refractivity contribution in [2.24, 2.45) is 0 Å². The van der Waals surface area contributed by atoms with Crippen LogP contribution in [0.4, 0.5) is 10.1 Å². The number of alkyl halides is 1. The lowest BCUT2D eigenvalue weighted by atomic mass is 9.85. The van der Waals surface area contributed by atoms with Gasteiger partial charge >= 0.3 is 0 Å². The number of nitriles is 1. The fourth-order valence-corrected chi connectivity index (χ4v) is 4.63. The zero-order chi connectivity index (χ0) is 23.4. The maximum Gasteiger partial charge on any atom is 0.254 e. The lowest BCUT2D eigenvalue weighted by Crippen LogP contribution is -2.43. The number of halogens is 1. The van der Waals surface area contributed by atoms with Crippen LogP contribution in [-0.2, 0) is 10.4 Å². The van der Waals surface area contributed by atoms with Crippen LogP contribution in [0.1, 0.15) is 51.9 Å². The minimum atomic E-state index is -1.48. The molecule has 2 fully saturated rings. The number of piperidine rings is 1. The summed E-state index contributed by atoms with van der Waals surface area (Å²) in [4.78, 5) is 15.1. The summed E-state index contributed by atoms with van der Waals surface area (Å²) in [6, 6.07) is 13.0. The Balaban J connectivity index is 1.40. The van der Waals surface area contributed by atoms with Gasteiger partial charge in [0.05, 0.1) is 24.9 Å². The molecule has 2 heterocycles. The Morgan fingerprint density at radius 2 is 1.94 bits per heavy atom. The number of rotatable bonds is 6. The molecule has 174 valence electrons. The molecule has 2 aliphatic heterocycles. The number of likely N-dealkylation sites (tertiary alicyclic amines) is 1. The van der Waals surface area contributed by atoms with E-state index >= 15 is 4.39 Å². The van der Waals surface area contributed by atoms with E-state index in [1.165, 1.54) is 0 Å². The summed E-state index contributed by atoms with van der Waals surface area (Å²) >= 11 is 0. The number of ether oxygens (including phenoxy) is 1. The minimum absolute atomic E-state index is 0.0606. The van der Waals surface area contributed by atoms with Crippen molar-refractivity contribution < 1.29 is 13.9 Å². The minimum Gasteiger partial charge on any atom is -0.380 e. The topological polar surface area (TPSA) is 77.4 Å². The van der Waals surface area contributed by atoms with Crippen molar-refractivity contribution in [1.82, 2.24) is 10.2 Å². The van der Waals surface area contributed by atoms with Crippen LogP contribution >= 0.6 is 0 Å². The molecule has 0 radical (unpaired) electrons. The third kappa shape index (κ3) is 5.18. The molecule has 33 heavy (non-hydrogen) atoms. The first-order valence-electron chi connectivity index (χ1n) is 11.5. The van der Waals surface area contributed by atoms with Crippen LogP contribution in [0.15, 0.2) is 36.4 Å². The molecule has 0 bridgehead atoms. The Kier molecular flexibility index (Phi) is 6.96. The van der Waals surface area contributed by atoms with Crippen LogP contribution in [-0.4, -0.2) is 49.8 Å². The van der Waals surface area contributed by atoms with Gasteiger partial charge in [-0.2, -0.15) is 5.26 Å². The lowest BCUT2D eigenvalue weighted by molar-refractivity contribution is 0.0421. The van der Waals surface area contributed by atoms with E-state index in [-0.39, 0.29) is 18.7 Å². The van der Waals surface area contributed by atoms with Crippen LogP contribution in [0, 0.1) is 25.2 Å². The van der Waals surface area contributed by atoms with Gasteiger partial charge in [-0.05, 0) is 55.2 Å². The molecule has 6 nitrogen and oxygen atoms in total. The van der Waals surface area contributed by atoms with E-state index in [4.69, 9.17) is 10.00 Å². The van der Waals surface area contributed by atoms with E-state index < -0.39 is 5.67 Å². The molecule has 0 unspecified atom stereocenters. The van der Waals surface area contributed by atoms with Gasteiger partial charge in [0.2, 0.25) is 0 Å². The predicted molar refractivity (Wildman–Crippen MR) is 126 cm³/mol.